The Bertz CT molecular complexity index is 661. The van der Waals surface area contributed by atoms with Gasteiger partial charge in [-0.1, -0.05) is 26.0 Å². The second-order valence-electron chi connectivity index (χ2n) is 7.37. The van der Waals surface area contributed by atoms with Crippen LogP contribution in [0, 0.1) is 11.8 Å². The van der Waals surface area contributed by atoms with Gasteiger partial charge in [-0.3, -0.25) is 14.2 Å². The highest BCUT2D eigenvalue weighted by Gasteiger charge is 2.28. The molecule has 0 spiro atoms. The van der Waals surface area contributed by atoms with Crippen LogP contribution in [0.1, 0.15) is 51.1 Å². The largest absolute Gasteiger partial charge is 0.342 e. The molecule has 5 heteroatoms. The predicted octanol–water partition coefficient (Wildman–Crippen LogP) is 2.57. The first-order valence-electron chi connectivity index (χ1n) is 9.04. The monoisotopic (exact) mass is 329 g/mol. The zero-order chi connectivity index (χ0) is 17.1. The lowest BCUT2D eigenvalue weighted by Gasteiger charge is -2.33. The maximum absolute atomic E-state index is 12.4. The molecule has 2 aliphatic rings. The van der Waals surface area contributed by atoms with Gasteiger partial charge in [0.1, 0.15) is 0 Å². The molecule has 0 N–H and O–H groups in total. The fraction of sp³-hybridized carbons (Fsp3) is 0.632. The van der Waals surface area contributed by atoms with Gasteiger partial charge in [0.15, 0.2) is 0 Å². The normalized spacial score (nSPS) is 19.4. The number of piperidine rings is 1. The van der Waals surface area contributed by atoms with Crippen LogP contribution in [0.5, 0.6) is 0 Å². The van der Waals surface area contributed by atoms with E-state index in [1.165, 1.54) is 0 Å². The Morgan fingerprint density at radius 1 is 1.25 bits per heavy atom. The van der Waals surface area contributed by atoms with Gasteiger partial charge in [-0.25, -0.2) is 4.98 Å². The molecule has 130 valence electrons. The molecule has 1 aliphatic carbocycles. The van der Waals surface area contributed by atoms with E-state index in [-0.39, 0.29) is 17.4 Å². The summed E-state index contributed by atoms with van der Waals surface area (Å²) in [7, 11) is 0. The number of hydrogen-bond donors (Lipinski definition) is 0. The van der Waals surface area contributed by atoms with Crippen LogP contribution in [0.25, 0.3) is 0 Å². The third-order valence-electron chi connectivity index (χ3n) is 5.23. The Morgan fingerprint density at radius 2 is 1.92 bits per heavy atom. The summed E-state index contributed by atoms with van der Waals surface area (Å²) in [6.07, 6.45) is 9.60. The standard InChI is InChI=1S/C19H27N3O2/c1-14(2)17-11-18(23)22(13-20-17)12-15-7-9-21(10-8-15)19(24)16-5-3-4-6-16/h3-4,11,13-16H,5-10,12H2,1-2H3. The van der Waals surface area contributed by atoms with Crippen molar-refractivity contribution in [2.45, 2.75) is 52.0 Å². The van der Waals surface area contributed by atoms with Crippen LogP contribution in [0.3, 0.4) is 0 Å². The third-order valence-corrected chi connectivity index (χ3v) is 5.23. The van der Waals surface area contributed by atoms with Crippen molar-refractivity contribution in [3.8, 4) is 0 Å². The Morgan fingerprint density at radius 3 is 2.50 bits per heavy atom. The molecule has 0 unspecified atom stereocenters. The molecule has 1 aromatic heterocycles. The summed E-state index contributed by atoms with van der Waals surface area (Å²) in [5.74, 6) is 1.18. The molecule has 5 nitrogen and oxygen atoms in total. The lowest BCUT2D eigenvalue weighted by atomic mass is 9.95. The first-order chi connectivity index (χ1) is 11.5. The molecule has 2 heterocycles. The fourth-order valence-electron chi connectivity index (χ4n) is 3.58. The first-order valence-corrected chi connectivity index (χ1v) is 9.04. The predicted molar refractivity (Wildman–Crippen MR) is 93.8 cm³/mol. The number of carbonyl (C=O) groups is 1. The number of rotatable bonds is 4. The van der Waals surface area contributed by atoms with E-state index in [1.807, 2.05) is 18.7 Å². The molecule has 1 aliphatic heterocycles. The molecule has 1 amide bonds. The van der Waals surface area contributed by atoms with E-state index in [1.54, 1.807) is 17.0 Å². The second-order valence-corrected chi connectivity index (χ2v) is 7.37. The van der Waals surface area contributed by atoms with E-state index in [2.05, 4.69) is 17.1 Å². The lowest BCUT2D eigenvalue weighted by Crippen LogP contribution is -2.42. The third kappa shape index (κ3) is 3.77. The molecule has 0 radical (unpaired) electrons. The molecule has 1 aromatic rings. The van der Waals surface area contributed by atoms with E-state index in [4.69, 9.17) is 0 Å². The van der Waals surface area contributed by atoms with Crippen LogP contribution in [0.2, 0.25) is 0 Å². The van der Waals surface area contributed by atoms with Gasteiger partial charge in [0.25, 0.3) is 5.56 Å². The molecule has 1 fully saturated rings. The molecular weight excluding hydrogens is 302 g/mol. The molecule has 0 saturated carbocycles. The number of likely N-dealkylation sites (tertiary alicyclic amines) is 1. The van der Waals surface area contributed by atoms with E-state index in [9.17, 15) is 9.59 Å². The SMILES string of the molecule is CC(C)c1cc(=O)n(CC2CCN(C(=O)C3CC=CC3)CC2)cn1. The molecule has 0 aromatic carbocycles. The van der Waals surface area contributed by atoms with Gasteiger partial charge in [-0.05, 0) is 37.5 Å². The number of hydrogen-bond acceptors (Lipinski definition) is 3. The van der Waals surface area contributed by atoms with Gasteiger partial charge in [0, 0.05) is 31.6 Å². The average molecular weight is 329 g/mol. The maximum atomic E-state index is 12.4. The van der Waals surface area contributed by atoms with Crippen molar-refractivity contribution in [3.63, 3.8) is 0 Å². The lowest BCUT2D eigenvalue weighted by molar-refractivity contribution is -0.136. The van der Waals surface area contributed by atoms with Crippen molar-refractivity contribution in [2.75, 3.05) is 13.1 Å². The first kappa shape index (κ1) is 16.9. The molecule has 0 bridgehead atoms. The van der Waals surface area contributed by atoms with Crippen molar-refractivity contribution in [1.82, 2.24) is 14.5 Å². The summed E-state index contributed by atoms with van der Waals surface area (Å²) in [5.41, 5.74) is 0.881. The number of carbonyl (C=O) groups excluding carboxylic acids is 1. The summed E-state index contributed by atoms with van der Waals surface area (Å²) in [6, 6.07) is 1.65. The molecular formula is C19H27N3O2. The Labute approximate surface area is 143 Å². The number of nitrogens with zero attached hydrogens (tertiary/aromatic N) is 3. The summed E-state index contributed by atoms with van der Waals surface area (Å²) >= 11 is 0. The van der Waals surface area contributed by atoms with Crippen LogP contribution in [-0.4, -0.2) is 33.4 Å². The minimum atomic E-state index is 0.0317. The van der Waals surface area contributed by atoms with Crippen LogP contribution in [0.15, 0.2) is 29.3 Å². The van der Waals surface area contributed by atoms with Crippen LogP contribution in [-0.2, 0) is 11.3 Å². The Kier molecular flexibility index (Phi) is 5.17. The van der Waals surface area contributed by atoms with Gasteiger partial charge < -0.3 is 4.90 Å². The zero-order valence-corrected chi connectivity index (χ0v) is 14.6. The van der Waals surface area contributed by atoms with E-state index in [0.717, 1.165) is 44.5 Å². The molecule has 1 saturated heterocycles. The summed E-state index contributed by atoms with van der Waals surface area (Å²) in [6.45, 7) is 6.41. The highest BCUT2D eigenvalue weighted by atomic mass is 16.2. The molecule has 0 atom stereocenters. The van der Waals surface area contributed by atoms with E-state index < -0.39 is 0 Å². The summed E-state index contributed by atoms with van der Waals surface area (Å²) < 4.78 is 1.72. The Balaban J connectivity index is 1.54. The van der Waals surface area contributed by atoms with Crippen molar-refractivity contribution < 1.29 is 4.79 Å². The topological polar surface area (TPSA) is 55.2 Å². The van der Waals surface area contributed by atoms with Crippen molar-refractivity contribution in [2.24, 2.45) is 11.8 Å². The zero-order valence-electron chi connectivity index (χ0n) is 14.6. The second kappa shape index (κ2) is 7.32. The fourth-order valence-corrected chi connectivity index (χ4v) is 3.58. The Hall–Kier alpha value is -1.91. The quantitative estimate of drug-likeness (QED) is 0.798. The van der Waals surface area contributed by atoms with Crippen LogP contribution in [0.4, 0.5) is 0 Å². The van der Waals surface area contributed by atoms with E-state index in [0.29, 0.717) is 18.4 Å². The van der Waals surface area contributed by atoms with Gasteiger partial charge in [-0.15, -0.1) is 0 Å². The van der Waals surface area contributed by atoms with Gasteiger partial charge in [0.05, 0.1) is 12.0 Å². The van der Waals surface area contributed by atoms with Crippen molar-refractivity contribution in [1.29, 1.82) is 0 Å². The van der Waals surface area contributed by atoms with Crippen molar-refractivity contribution in [3.05, 3.63) is 40.6 Å². The number of aromatic nitrogens is 2. The smallest absolute Gasteiger partial charge is 0.253 e. The summed E-state index contributed by atoms with van der Waals surface area (Å²) in [4.78, 5) is 31.1. The highest BCUT2D eigenvalue weighted by Crippen LogP contribution is 2.25. The van der Waals surface area contributed by atoms with E-state index >= 15 is 0 Å². The number of amides is 1. The van der Waals surface area contributed by atoms with Crippen LogP contribution < -0.4 is 5.56 Å². The van der Waals surface area contributed by atoms with Gasteiger partial charge in [0.2, 0.25) is 5.91 Å². The molecule has 24 heavy (non-hydrogen) atoms. The minimum absolute atomic E-state index is 0.0317. The average Bonchev–Trinajstić information content (AvgIpc) is 3.11. The highest BCUT2D eigenvalue weighted by molar-refractivity contribution is 5.79. The van der Waals surface area contributed by atoms with Crippen LogP contribution >= 0.6 is 0 Å². The van der Waals surface area contributed by atoms with Gasteiger partial charge >= 0.3 is 0 Å². The number of allylic oxidation sites excluding steroid dienone is 2. The summed E-state index contributed by atoms with van der Waals surface area (Å²) in [5, 5.41) is 0. The van der Waals surface area contributed by atoms with Gasteiger partial charge in [-0.2, -0.15) is 0 Å². The minimum Gasteiger partial charge on any atom is -0.342 e. The molecule has 3 rings (SSSR count). The van der Waals surface area contributed by atoms with Crippen molar-refractivity contribution >= 4 is 5.91 Å². The maximum Gasteiger partial charge on any atom is 0.253 e.